The molecule has 3 atom stereocenters. The highest BCUT2D eigenvalue weighted by Crippen LogP contribution is 2.19. The van der Waals surface area contributed by atoms with E-state index in [0.717, 1.165) is 18.5 Å². The maximum absolute atomic E-state index is 10.5. The van der Waals surface area contributed by atoms with Crippen LogP contribution < -0.4 is 11.1 Å². The van der Waals surface area contributed by atoms with Gasteiger partial charge in [0.15, 0.2) is 0 Å². The molecule has 1 aromatic rings. The lowest BCUT2D eigenvalue weighted by Crippen LogP contribution is -2.35. The van der Waals surface area contributed by atoms with E-state index in [9.17, 15) is 5.11 Å². The van der Waals surface area contributed by atoms with Crippen LogP contribution in [0.25, 0.3) is 0 Å². The number of nitrogens with two attached hydrogens (primary N) is 1. The first-order valence-electron chi connectivity index (χ1n) is 8.82. The standard InChI is InChI=1S/C19H34N2O/c1-4-5-6-7-8-15(2)19(22)16(3)21-18-11-9-17(10-12-18)13-14-20/h9-12,15-16,19,21-22H,4-8,13-14,20H2,1-3H3. The van der Waals surface area contributed by atoms with Crippen LogP contribution in [0.5, 0.6) is 0 Å². The van der Waals surface area contributed by atoms with Crippen LogP contribution >= 0.6 is 0 Å². The Balaban J connectivity index is 2.40. The fourth-order valence-electron chi connectivity index (χ4n) is 2.84. The minimum Gasteiger partial charge on any atom is -0.391 e. The minimum atomic E-state index is -0.314. The van der Waals surface area contributed by atoms with Crippen LogP contribution in [-0.2, 0) is 6.42 Å². The van der Waals surface area contributed by atoms with Crippen LogP contribution in [-0.4, -0.2) is 23.8 Å². The molecule has 4 N–H and O–H groups in total. The van der Waals surface area contributed by atoms with E-state index in [0.29, 0.717) is 12.5 Å². The molecule has 0 bridgehead atoms. The van der Waals surface area contributed by atoms with Crippen LogP contribution in [0.1, 0.15) is 58.4 Å². The summed E-state index contributed by atoms with van der Waals surface area (Å²) >= 11 is 0. The molecular formula is C19H34N2O. The molecule has 126 valence electrons. The van der Waals surface area contributed by atoms with Crippen molar-refractivity contribution in [1.82, 2.24) is 0 Å². The molecule has 0 aromatic heterocycles. The molecule has 0 aliphatic carbocycles. The van der Waals surface area contributed by atoms with Gasteiger partial charge in [-0.2, -0.15) is 0 Å². The van der Waals surface area contributed by atoms with Crippen molar-refractivity contribution in [2.75, 3.05) is 11.9 Å². The van der Waals surface area contributed by atoms with Crippen LogP contribution in [0.15, 0.2) is 24.3 Å². The molecule has 0 aliphatic rings. The molecule has 0 fully saturated rings. The Morgan fingerprint density at radius 3 is 2.36 bits per heavy atom. The second-order valence-electron chi connectivity index (χ2n) is 6.49. The summed E-state index contributed by atoms with van der Waals surface area (Å²) in [7, 11) is 0. The molecule has 0 saturated carbocycles. The van der Waals surface area contributed by atoms with Gasteiger partial charge >= 0.3 is 0 Å². The van der Waals surface area contributed by atoms with Crippen molar-refractivity contribution >= 4 is 5.69 Å². The Bertz CT molecular complexity index is 391. The Labute approximate surface area is 136 Å². The van der Waals surface area contributed by atoms with Crippen molar-refractivity contribution in [3.63, 3.8) is 0 Å². The number of aliphatic hydroxyl groups excluding tert-OH is 1. The zero-order chi connectivity index (χ0) is 16.4. The van der Waals surface area contributed by atoms with Crippen LogP contribution in [0, 0.1) is 5.92 Å². The summed E-state index contributed by atoms with van der Waals surface area (Å²) in [6, 6.07) is 8.40. The van der Waals surface area contributed by atoms with Crippen LogP contribution in [0.3, 0.4) is 0 Å². The average molecular weight is 306 g/mol. The van der Waals surface area contributed by atoms with Crippen molar-refractivity contribution < 1.29 is 5.11 Å². The molecular weight excluding hydrogens is 272 g/mol. The van der Waals surface area contributed by atoms with Crippen molar-refractivity contribution in [2.45, 2.75) is 71.4 Å². The van der Waals surface area contributed by atoms with Crippen molar-refractivity contribution in [1.29, 1.82) is 0 Å². The fourth-order valence-corrected chi connectivity index (χ4v) is 2.84. The Morgan fingerprint density at radius 2 is 1.77 bits per heavy atom. The maximum atomic E-state index is 10.5. The topological polar surface area (TPSA) is 58.3 Å². The van der Waals surface area contributed by atoms with E-state index in [1.807, 2.05) is 0 Å². The first-order valence-corrected chi connectivity index (χ1v) is 8.82. The second kappa shape index (κ2) is 10.6. The molecule has 0 aliphatic heterocycles. The van der Waals surface area contributed by atoms with Gasteiger partial charge in [-0.05, 0) is 49.9 Å². The first kappa shape index (κ1) is 19.0. The lowest BCUT2D eigenvalue weighted by Gasteiger charge is -2.26. The SMILES string of the molecule is CCCCCCC(C)C(O)C(C)Nc1ccc(CCN)cc1. The third kappa shape index (κ3) is 6.80. The van der Waals surface area contributed by atoms with E-state index < -0.39 is 0 Å². The lowest BCUT2D eigenvalue weighted by atomic mass is 9.93. The average Bonchev–Trinajstić information content (AvgIpc) is 2.52. The third-order valence-electron chi connectivity index (χ3n) is 4.39. The van der Waals surface area contributed by atoms with Gasteiger partial charge in [-0.1, -0.05) is 51.7 Å². The predicted molar refractivity (Wildman–Crippen MR) is 96.2 cm³/mol. The van der Waals surface area contributed by atoms with E-state index >= 15 is 0 Å². The zero-order valence-corrected chi connectivity index (χ0v) is 14.5. The predicted octanol–water partition coefficient (Wildman–Crippen LogP) is 3.96. The van der Waals surface area contributed by atoms with Gasteiger partial charge < -0.3 is 16.2 Å². The van der Waals surface area contributed by atoms with E-state index in [2.05, 4.69) is 50.4 Å². The summed E-state index contributed by atoms with van der Waals surface area (Å²) < 4.78 is 0. The van der Waals surface area contributed by atoms with Gasteiger partial charge in [-0.25, -0.2) is 0 Å². The molecule has 3 nitrogen and oxygen atoms in total. The summed E-state index contributed by atoms with van der Waals surface area (Å²) in [5.41, 5.74) is 7.88. The number of hydrogen-bond acceptors (Lipinski definition) is 3. The summed E-state index contributed by atoms with van der Waals surface area (Å²) in [6.45, 7) is 7.11. The van der Waals surface area contributed by atoms with Gasteiger partial charge in [-0.15, -0.1) is 0 Å². The van der Waals surface area contributed by atoms with Gasteiger partial charge in [0.25, 0.3) is 0 Å². The molecule has 0 radical (unpaired) electrons. The summed E-state index contributed by atoms with van der Waals surface area (Å²) in [6.07, 6.45) is 6.74. The normalized spacial score (nSPS) is 15.3. The number of nitrogens with one attached hydrogen (secondary N) is 1. The molecule has 0 heterocycles. The number of anilines is 1. The summed E-state index contributed by atoms with van der Waals surface area (Å²) in [5, 5.41) is 13.9. The highest BCUT2D eigenvalue weighted by Gasteiger charge is 2.20. The summed E-state index contributed by atoms with van der Waals surface area (Å²) in [5.74, 6) is 0.330. The molecule has 22 heavy (non-hydrogen) atoms. The van der Waals surface area contributed by atoms with Crippen molar-refractivity contribution in [2.24, 2.45) is 11.7 Å². The number of unbranched alkanes of at least 4 members (excludes halogenated alkanes) is 3. The molecule has 3 unspecified atom stereocenters. The largest absolute Gasteiger partial charge is 0.391 e. The van der Waals surface area contributed by atoms with Gasteiger partial charge in [-0.3, -0.25) is 0 Å². The van der Waals surface area contributed by atoms with E-state index in [1.165, 1.54) is 31.2 Å². The van der Waals surface area contributed by atoms with E-state index in [4.69, 9.17) is 5.73 Å². The van der Waals surface area contributed by atoms with Crippen LogP contribution in [0.2, 0.25) is 0 Å². The monoisotopic (exact) mass is 306 g/mol. The Hall–Kier alpha value is -1.06. The van der Waals surface area contributed by atoms with Crippen molar-refractivity contribution in [3.05, 3.63) is 29.8 Å². The third-order valence-corrected chi connectivity index (χ3v) is 4.39. The number of rotatable bonds is 11. The number of hydrogen-bond donors (Lipinski definition) is 3. The molecule has 0 spiro atoms. The Morgan fingerprint density at radius 1 is 1.09 bits per heavy atom. The minimum absolute atomic E-state index is 0.0570. The summed E-state index contributed by atoms with van der Waals surface area (Å²) in [4.78, 5) is 0. The number of benzene rings is 1. The smallest absolute Gasteiger partial charge is 0.0763 e. The van der Waals surface area contributed by atoms with E-state index in [-0.39, 0.29) is 12.1 Å². The zero-order valence-electron chi connectivity index (χ0n) is 14.5. The molecule has 3 heteroatoms. The fraction of sp³-hybridized carbons (Fsp3) is 0.684. The highest BCUT2D eigenvalue weighted by atomic mass is 16.3. The van der Waals surface area contributed by atoms with Crippen LogP contribution in [0.4, 0.5) is 5.69 Å². The molecule has 0 saturated heterocycles. The van der Waals surface area contributed by atoms with Gasteiger partial charge in [0.2, 0.25) is 0 Å². The lowest BCUT2D eigenvalue weighted by molar-refractivity contribution is 0.0959. The molecule has 0 amide bonds. The quantitative estimate of drug-likeness (QED) is 0.542. The van der Waals surface area contributed by atoms with Crippen molar-refractivity contribution in [3.8, 4) is 0 Å². The Kier molecular flexibility index (Phi) is 9.17. The number of aliphatic hydroxyl groups is 1. The van der Waals surface area contributed by atoms with Gasteiger partial charge in [0.05, 0.1) is 6.10 Å². The highest BCUT2D eigenvalue weighted by molar-refractivity contribution is 5.45. The molecule has 1 aromatic carbocycles. The van der Waals surface area contributed by atoms with E-state index in [1.54, 1.807) is 0 Å². The van der Waals surface area contributed by atoms with Gasteiger partial charge in [0.1, 0.15) is 0 Å². The first-order chi connectivity index (χ1) is 10.6. The second-order valence-corrected chi connectivity index (χ2v) is 6.49. The van der Waals surface area contributed by atoms with Gasteiger partial charge in [0, 0.05) is 11.7 Å². The maximum Gasteiger partial charge on any atom is 0.0763 e. The molecule has 1 rings (SSSR count).